The number of aromatic amines is 1. The van der Waals surface area contributed by atoms with Crippen LogP contribution in [0.4, 0.5) is 13.2 Å². The van der Waals surface area contributed by atoms with E-state index in [9.17, 15) is 18.0 Å². The number of benzene rings is 1. The number of H-pyrrole nitrogens is 1. The molecule has 2 aromatic rings. The van der Waals surface area contributed by atoms with E-state index in [1.807, 2.05) is 24.3 Å². The van der Waals surface area contributed by atoms with E-state index >= 15 is 0 Å². The molecular formula is C18H23F3N4O. The summed E-state index contributed by atoms with van der Waals surface area (Å²) in [6.07, 6.45) is -1.72. The highest BCUT2D eigenvalue weighted by molar-refractivity contribution is 5.78. The van der Waals surface area contributed by atoms with Crippen molar-refractivity contribution in [1.29, 1.82) is 0 Å². The van der Waals surface area contributed by atoms with Gasteiger partial charge in [0.1, 0.15) is 5.82 Å². The van der Waals surface area contributed by atoms with Gasteiger partial charge in [-0.3, -0.25) is 9.69 Å². The molecule has 2 N–H and O–H groups in total. The molecular weight excluding hydrogens is 345 g/mol. The molecule has 0 spiro atoms. The first-order chi connectivity index (χ1) is 12.4. The highest BCUT2D eigenvalue weighted by atomic mass is 19.4. The van der Waals surface area contributed by atoms with Crippen LogP contribution < -0.4 is 5.32 Å². The van der Waals surface area contributed by atoms with Gasteiger partial charge in [0.05, 0.1) is 17.6 Å². The minimum absolute atomic E-state index is 0.0544. The molecule has 0 unspecified atom stereocenters. The Morgan fingerprint density at radius 1 is 1.27 bits per heavy atom. The van der Waals surface area contributed by atoms with Crippen molar-refractivity contribution in [2.24, 2.45) is 5.92 Å². The van der Waals surface area contributed by atoms with Crippen LogP contribution in [0.15, 0.2) is 24.3 Å². The number of aromatic nitrogens is 2. The van der Waals surface area contributed by atoms with E-state index in [0.717, 1.165) is 29.7 Å². The number of halogens is 3. The maximum atomic E-state index is 12.4. The summed E-state index contributed by atoms with van der Waals surface area (Å²) in [5, 5.41) is 2.90. The highest BCUT2D eigenvalue weighted by Crippen LogP contribution is 2.22. The molecule has 0 radical (unpaired) electrons. The van der Waals surface area contributed by atoms with Gasteiger partial charge in [-0.1, -0.05) is 12.1 Å². The summed E-state index contributed by atoms with van der Waals surface area (Å²) in [6, 6.07) is 7.80. The zero-order valence-corrected chi connectivity index (χ0v) is 14.5. The van der Waals surface area contributed by atoms with Crippen molar-refractivity contribution in [3.63, 3.8) is 0 Å². The molecule has 142 valence electrons. The molecule has 0 saturated carbocycles. The maximum Gasteiger partial charge on any atom is 0.401 e. The monoisotopic (exact) mass is 368 g/mol. The number of rotatable bonds is 6. The summed E-state index contributed by atoms with van der Waals surface area (Å²) in [6.45, 7) is 0.282. The van der Waals surface area contributed by atoms with Crippen molar-refractivity contribution in [1.82, 2.24) is 20.2 Å². The number of carbonyl (C=O) groups is 1. The minimum atomic E-state index is -4.17. The molecule has 2 heterocycles. The number of nitrogens with one attached hydrogen (secondary N) is 2. The number of carbonyl (C=O) groups excluding carboxylic acids is 1. The normalized spacial score (nSPS) is 16.9. The van der Waals surface area contributed by atoms with Gasteiger partial charge in [-0.05, 0) is 44.5 Å². The van der Waals surface area contributed by atoms with Crippen LogP contribution in [0.1, 0.15) is 25.1 Å². The van der Waals surface area contributed by atoms with Crippen LogP contribution in [-0.4, -0.2) is 53.1 Å². The van der Waals surface area contributed by atoms with Gasteiger partial charge in [0.2, 0.25) is 5.91 Å². The fourth-order valence-corrected chi connectivity index (χ4v) is 3.34. The summed E-state index contributed by atoms with van der Waals surface area (Å²) in [5.41, 5.74) is 1.93. The molecule has 1 aromatic carbocycles. The Kier molecular flexibility index (Phi) is 5.80. The lowest BCUT2D eigenvalue weighted by molar-refractivity contribution is -0.149. The second-order valence-corrected chi connectivity index (χ2v) is 6.76. The Bertz CT molecular complexity index is 702. The van der Waals surface area contributed by atoms with E-state index < -0.39 is 12.7 Å². The second-order valence-electron chi connectivity index (χ2n) is 6.76. The summed E-state index contributed by atoms with van der Waals surface area (Å²) in [5.74, 6) is 0.646. The molecule has 0 atom stereocenters. The number of piperidine rings is 1. The predicted molar refractivity (Wildman–Crippen MR) is 92.6 cm³/mol. The first-order valence-electron chi connectivity index (χ1n) is 8.91. The standard InChI is InChI=1S/C18H23F3N4O/c19-18(20,21)12-25-10-7-13(8-11-25)17(26)22-9-3-6-16-23-14-4-1-2-5-15(14)24-16/h1-2,4-5,13H,3,6-12H2,(H,22,26)(H,23,24). The van der Waals surface area contributed by atoms with Gasteiger partial charge in [0.15, 0.2) is 0 Å². The average molecular weight is 368 g/mol. The van der Waals surface area contributed by atoms with Gasteiger partial charge in [-0.2, -0.15) is 13.2 Å². The van der Waals surface area contributed by atoms with Crippen LogP contribution >= 0.6 is 0 Å². The van der Waals surface area contributed by atoms with Gasteiger partial charge in [-0.15, -0.1) is 0 Å². The number of hydrogen-bond acceptors (Lipinski definition) is 3. The number of alkyl halides is 3. The molecule has 1 fully saturated rings. The molecule has 8 heteroatoms. The van der Waals surface area contributed by atoms with Crippen molar-refractivity contribution < 1.29 is 18.0 Å². The topological polar surface area (TPSA) is 61.0 Å². The fraction of sp³-hybridized carbons (Fsp3) is 0.556. The molecule has 1 amide bonds. The van der Waals surface area contributed by atoms with E-state index in [1.165, 1.54) is 4.90 Å². The van der Waals surface area contributed by atoms with Crippen molar-refractivity contribution in [2.75, 3.05) is 26.2 Å². The first kappa shape index (κ1) is 18.7. The third-order valence-electron chi connectivity index (χ3n) is 4.69. The molecule has 26 heavy (non-hydrogen) atoms. The molecule has 1 aliphatic heterocycles. The largest absolute Gasteiger partial charge is 0.401 e. The van der Waals surface area contributed by atoms with E-state index in [1.54, 1.807) is 0 Å². The number of para-hydroxylation sites is 2. The summed E-state index contributed by atoms with van der Waals surface area (Å²) >= 11 is 0. The van der Waals surface area contributed by atoms with Crippen LogP contribution in [0, 0.1) is 5.92 Å². The Hall–Kier alpha value is -2.09. The first-order valence-corrected chi connectivity index (χ1v) is 8.91. The Balaban J connectivity index is 1.35. The minimum Gasteiger partial charge on any atom is -0.356 e. The van der Waals surface area contributed by atoms with Gasteiger partial charge >= 0.3 is 6.18 Å². The van der Waals surface area contributed by atoms with Crippen LogP contribution in [0.3, 0.4) is 0 Å². The van der Waals surface area contributed by atoms with E-state index in [0.29, 0.717) is 32.5 Å². The molecule has 5 nitrogen and oxygen atoms in total. The SMILES string of the molecule is O=C(NCCCc1nc2ccccc2[nH]1)C1CCN(CC(F)(F)F)CC1. The summed E-state index contributed by atoms with van der Waals surface area (Å²) < 4.78 is 37.1. The lowest BCUT2D eigenvalue weighted by Gasteiger charge is -2.31. The lowest BCUT2D eigenvalue weighted by Crippen LogP contribution is -2.43. The zero-order chi connectivity index (χ0) is 18.6. The number of imidazole rings is 1. The average Bonchev–Trinajstić information content (AvgIpc) is 3.00. The summed E-state index contributed by atoms with van der Waals surface area (Å²) in [4.78, 5) is 21.3. The van der Waals surface area contributed by atoms with Crippen LogP contribution in [0.2, 0.25) is 0 Å². The van der Waals surface area contributed by atoms with Crippen LogP contribution in [0.5, 0.6) is 0 Å². The van der Waals surface area contributed by atoms with Gasteiger partial charge < -0.3 is 10.3 Å². The smallest absolute Gasteiger partial charge is 0.356 e. The molecule has 1 aromatic heterocycles. The third-order valence-corrected chi connectivity index (χ3v) is 4.69. The van der Waals surface area contributed by atoms with Gasteiger partial charge in [-0.25, -0.2) is 4.98 Å². The van der Waals surface area contributed by atoms with E-state index in [-0.39, 0.29) is 11.8 Å². The van der Waals surface area contributed by atoms with Crippen molar-refractivity contribution in [3.05, 3.63) is 30.1 Å². The van der Waals surface area contributed by atoms with Gasteiger partial charge in [0.25, 0.3) is 0 Å². The Labute approximate surface area is 150 Å². The highest BCUT2D eigenvalue weighted by Gasteiger charge is 2.33. The molecule has 0 bridgehead atoms. The predicted octanol–water partition coefficient (Wildman–Crippen LogP) is 2.89. The third kappa shape index (κ3) is 5.20. The zero-order valence-electron chi connectivity index (χ0n) is 14.5. The molecule has 1 aliphatic rings. The number of fused-ring (bicyclic) bond motifs is 1. The van der Waals surface area contributed by atoms with Crippen LogP contribution in [-0.2, 0) is 11.2 Å². The maximum absolute atomic E-state index is 12.4. The Morgan fingerprint density at radius 2 is 2.00 bits per heavy atom. The van der Waals surface area contributed by atoms with Crippen molar-refractivity contribution >= 4 is 16.9 Å². The second kappa shape index (κ2) is 8.07. The number of hydrogen-bond donors (Lipinski definition) is 2. The lowest BCUT2D eigenvalue weighted by atomic mass is 9.96. The Morgan fingerprint density at radius 3 is 2.69 bits per heavy atom. The number of nitrogens with zero attached hydrogens (tertiary/aromatic N) is 2. The number of likely N-dealkylation sites (tertiary alicyclic amines) is 1. The number of amides is 1. The quantitative estimate of drug-likeness (QED) is 0.771. The number of aryl methyl sites for hydroxylation is 1. The molecule has 0 aliphatic carbocycles. The summed E-state index contributed by atoms with van der Waals surface area (Å²) in [7, 11) is 0. The van der Waals surface area contributed by atoms with E-state index in [4.69, 9.17) is 0 Å². The van der Waals surface area contributed by atoms with Crippen LogP contribution in [0.25, 0.3) is 11.0 Å². The fourth-order valence-electron chi connectivity index (χ4n) is 3.34. The van der Waals surface area contributed by atoms with Crippen molar-refractivity contribution in [2.45, 2.75) is 31.9 Å². The molecule has 3 rings (SSSR count). The van der Waals surface area contributed by atoms with Gasteiger partial charge in [0, 0.05) is 18.9 Å². The molecule has 1 saturated heterocycles. The van der Waals surface area contributed by atoms with Crippen molar-refractivity contribution in [3.8, 4) is 0 Å². The van der Waals surface area contributed by atoms with E-state index in [2.05, 4.69) is 15.3 Å².